The van der Waals surface area contributed by atoms with Crippen molar-refractivity contribution in [1.82, 2.24) is 5.32 Å². The Hall–Kier alpha value is -2.91. The second-order valence-electron chi connectivity index (χ2n) is 5.71. The Bertz CT molecular complexity index is 1040. The Morgan fingerprint density at radius 2 is 1.71 bits per heavy atom. The van der Waals surface area contributed by atoms with Crippen LogP contribution in [0.15, 0.2) is 47.4 Å². The van der Waals surface area contributed by atoms with Gasteiger partial charge in [0.2, 0.25) is 0 Å². The molecule has 8 nitrogen and oxygen atoms in total. The number of hydrogen-bond donors (Lipinski definition) is 2. The number of hydrogen-bond acceptors (Lipinski definition) is 6. The SMILES string of the molecule is COC(=O)CNC(=O)c1cccc(NC(=O)c2ccc(Cl)c(S(C)(=O)=O)c2)c1. The van der Waals surface area contributed by atoms with Gasteiger partial charge in [0.05, 0.1) is 17.0 Å². The Kier molecular flexibility index (Phi) is 6.76. The number of nitrogens with one attached hydrogen (secondary N) is 2. The van der Waals surface area contributed by atoms with Crippen LogP contribution in [0, 0.1) is 0 Å². The van der Waals surface area contributed by atoms with E-state index >= 15 is 0 Å². The monoisotopic (exact) mass is 424 g/mol. The maximum absolute atomic E-state index is 12.4. The van der Waals surface area contributed by atoms with Crippen LogP contribution in [-0.2, 0) is 19.4 Å². The Balaban J connectivity index is 2.17. The third kappa shape index (κ3) is 5.54. The molecule has 2 N–H and O–H groups in total. The van der Waals surface area contributed by atoms with Crippen LogP contribution >= 0.6 is 11.6 Å². The summed E-state index contributed by atoms with van der Waals surface area (Å²) in [5, 5.41) is 4.98. The van der Waals surface area contributed by atoms with E-state index in [1.807, 2.05) is 0 Å². The fourth-order valence-corrected chi connectivity index (χ4v) is 3.50. The zero-order valence-corrected chi connectivity index (χ0v) is 16.6. The van der Waals surface area contributed by atoms with Crippen LogP contribution in [0.25, 0.3) is 0 Å². The highest BCUT2D eigenvalue weighted by Crippen LogP contribution is 2.23. The number of benzene rings is 2. The molecule has 0 aliphatic heterocycles. The van der Waals surface area contributed by atoms with Gasteiger partial charge >= 0.3 is 5.97 Å². The molecule has 0 radical (unpaired) electrons. The molecule has 148 valence electrons. The number of sulfone groups is 1. The number of rotatable bonds is 6. The first-order valence-electron chi connectivity index (χ1n) is 7.88. The fraction of sp³-hybridized carbons (Fsp3) is 0.167. The second kappa shape index (κ2) is 8.85. The molecule has 0 saturated heterocycles. The van der Waals surface area contributed by atoms with Gasteiger partial charge in [-0.15, -0.1) is 0 Å². The van der Waals surface area contributed by atoms with Crippen molar-refractivity contribution in [2.75, 3.05) is 25.2 Å². The molecule has 0 bridgehead atoms. The topological polar surface area (TPSA) is 119 Å². The molecule has 0 heterocycles. The van der Waals surface area contributed by atoms with E-state index in [0.717, 1.165) is 6.26 Å². The Morgan fingerprint density at radius 1 is 1.04 bits per heavy atom. The highest BCUT2D eigenvalue weighted by atomic mass is 35.5. The summed E-state index contributed by atoms with van der Waals surface area (Å²) in [6, 6.07) is 9.92. The summed E-state index contributed by atoms with van der Waals surface area (Å²) in [4.78, 5) is 35.4. The van der Waals surface area contributed by atoms with Crippen molar-refractivity contribution in [3.63, 3.8) is 0 Å². The van der Waals surface area contributed by atoms with Crippen LogP contribution in [0.1, 0.15) is 20.7 Å². The molecule has 0 aliphatic rings. The summed E-state index contributed by atoms with van der Waals surface area (Å²) in [6.45, 7) is -0.287. The highest BCUT2D eigenvalue weighted by molar-refractivity contribution is 7.90. The molecule has 0 aliphatic carbocycles. The van der Waals surface area contributed by atoms with Gasteiger partial charge < -0.3 is 15.4 Å². The molecule has 2 aromatic carbocycles. The number of ether oxygens (including phenoxy) is 1. The standard InChI is InChI=1S/C18H17ClN2O6S/c1-27-16(22)10-20-17(23)11-4-3-5-13(8-11)21-18(24)12-6-7-14(19)15(9-12)28(2,25)26/h3-9H,10H2,1-2H3,(H,20,23)(H,21,24). The predicted molar refractivity (Wildman–Crippen MR) is 103 cm³/mol. The van der Waals surface area contributed by atoms with Crippen molar-refractivity contribution >= 4 is 44.9 Å². The van der Waals surface area contributed by atoms with Crippen molar-refractivity contribution in [1.29, 1.82) is 0 Å². The average molecular weight is 425 g/mol. The van der Waals surface area contributed by atoms with Crippen LogP contribution in [-0.4, -0.2) is 46.1 Å². The first-order chi connectivity index (χ1) is 13.1. The molecule has 2 rings (SSSR count). The number of halogens is 1. The number of esters is 1. The van der Waals surface area contributed by atoms with Crippen molar-refractivity contribution in [2.45, 2.75) is 4.90 Å². The zero-order valence-electron chi connectivity index (χ0n) is 15.0. The number of carbonyl (C=O) groups is 3. The summed E-state index contributed by atoms with van der Waals surface area (Å²) in [7, 11) is -2.39. The molecule has 0 fully saturated rings. The van der Waals surface area contributed by atoms with Crippen molar-refractivity contribution in [2.24, 2.45) is 0 Å². The third-order valence-corrected chi connectivity index (χ3v) is 5.17. The van der Waals surface area contributed by atoms with Crippen molar-refractivity contribution in [3.8, 4) is 0 Å². The summed E-state index contributed by atoms with van der Waals surface area (Å²) < 4.78 is 27.9. The van der Waals surface area contributed by atoms with Gasteiger partial charge in [-0.2, -0.15) is 0 Å². The van der Waals surface area contributed by atoms with Gasteiger partial charge in [-0.3, -0.25) is 14.4 Å². The smallest absolute Gasteiger partial charge is 0.325 e. The Morgan fingerprint density at radius 3 is 2.36 bits per heavy atom. The first kappa shape index (κ1) is 21.4. The molecule has 10 heteroatoms. The lowest BCUT2D eigenvalue weighted by Gasteiger charge is -2.09. The minimum absolute atomic E-state index is 0.0170. The van der Waals surface area contributed by atoms with Gasteiger partial charge in [-0.05, 0) is 36.4 Å². The summed E-state index contributed by atoms with van der Waals surface area (Å²) >= 11 is 5.88. The van der Waals surface area contributed by atoms with Crippen LogP contribution in [0.5, 0.6) is 0 Å². The second-order valence-corrected chi connectivity index (χ2v) is 8.10. The molecule has 0 spiro atoms. The van der Waals surface area contributed by atoms with Crippen molar-refractivity contribution in [3.05, 3.63) is 58.6 Å². The Labute approximate surface area is 166 Å². The lowest BCUT2D eigenvalue weighted by atomic mass is 10.1. The molecule has 2 aromatic rings. The van der Waals surface area contributed by atoms with Gasteiger partial charge in [0.25, 0.3) is 11.8 Å². The maximum atomic E-state index is 12.4. The van der Waals surface area contributed by atoms with Crippen LogP contribution in [0.3, 0.4) is 0 Å². The van der Waals surface area contributed by atoms with Gasteiger partial charge in [0.15, 0.2) is 9.84 Å². The number of anilines is 1. The van der Waals surface area contributed by atoms with E-state index in [1.54, 1.807) is 12.1 Å². The molecule has 0 unspecified atom stereocenters. The minimum atomic E-state index is -3.60. The summed E-state index contributed by atoms with van der Waals surface area (Å²) in [6.07, 6.45) is 0.992. The van der Waals surface area contributed by atoms with E-state index < -0.39 is 27.6 Å². The van der Waals surface area contributed by atoms with E-state index in [9.17, 15) is 22.8 Å². The molecule has 0 saturated carbocycles. The fourth-order valence-electron chi connectivity index (χ4n) is 2.20. The van der Waals surface area contributed by atoms with Crippen molar-refractivity contribution < 1.29 is 27.5 Å². The van der Waals surface area contributed by atoms with E-state index in [0.29, 0.717) is 5.69 Å². The van der Waals surface area contributed by atoms with Crippen LogP contribution < -0.4 is 10.6 Å². The summed E-state index contributed by atoms with van der Waals surface area (Å²) in [5.41, 5.74) is 0.617. The molecular formula is C18H17ClN2O6S. The minimum Gasteiger partial charge on any atom is -0.468 e. The quantitative estimate of drug-likeness (QED) is 0.683. The van der Waals surface area contributed by atoms with E-state index in [4.69, 9.17) is 11.6 Å². The third-order valence-electron chi connectivity index (χ3n) is 3.60. The maximum Gasteiger partial charge on any atom is 0.325 e. The molecule has 28 heavy (non-hydrogen) atoms. The van der Waals surface area contributed by atoms with E-state index in [-0.39, 0.29) is 27.6 Å². The first-order valence-corrected chi connectivity index (χ1v) is 10.1. The number of carbonyl (C=O) groups excluding carboxylic acids is 3. The molecule has 2 amide bonds. The predicted octanol–water partition coefficient (Wildman–Crippen LogP) is 1.90. The van der Waals surface area contributed by atoms with Gasteiger partial charge in [0.1, 0.15) is 6.54 Å². The van der Waals surface area contributed by atoms with Crippen LogP contribution in [0.4, 0.5) is 5.69 Å². The normalized spacial score (nSPS) is 10.8. The van der Waals surface area contributed by atoms with Gasteiger partial charge in [-0.25, -0.2) is 8.42 Å². The largest absolute Gasteiger partial charge is 0.468 e. The number of amides is 2. The van der Waals surface area contributed by atoms with E-state index in [2.05, 4.69) is 15.4 Å². The van der Waals surface area contributed by atoms with Gasteiger partial charge in [-0.1, -0.05) is 17.7 Å². The summed E-state index contributed by atoms with van der Waals surface area (Å²) in [5.74, 6) is -1.69. The van der Waals surface area contributed by atoms with E-state index in [1.165, 1.54) is 37.4 Å². The molecule has 0 atom stereocenters. The molecular weight excluding hydrogens is 408 g/mol. The zero-order chi connectivity index (χ0) is 20.9. The number of methoxy groups -OCH3 is 1. The lowest BCUT2D eigenvalue weighted by Crippen LogP contribution is -2.30. The highest BCUT2D eigenvalue weighted by Gasteiger charge is 2.16. The average Bonchev–Trinajstić information content (AvgIpc) is 2.65. The van der Waals surface area contributed by atoms with Gasteiger partial charge in [0, 0.05) is 23.1 Å². The lowest BCUT2D eigenvalue weighted by molar-refractivity contribution is -0.139. The van der Waals surface area contributed by atoms with Crippen LogP contribution in [0.2, 0.25) is 5.02 Å². The molecule has 0 aromatic heterocycles.